The summed E-state index contributed by atoms with van der Waals surface area (Å²) in [6.07, 6.45) is 6.32. The van der Waals surface area contributed by atoms with Crippen LogP contribution in [0.4, 0.5) is 5.82 Å². The summed E-state index contributed by atoms with van der Waals surface area (Å²) < 4.78 is 6.79. The molecule has 0 bridgehead atoms. The fourth-order valence-corrected chi connectivity index (χ4v) is 1.92. The Kier molecular flexibility index (Phi) is 4.11. The van der Waals surface area contributed by atoms with Gasteiger partial charge in [0.15, 0.2) is 5.82 Å². The quantitative estimate of drug-likeness (QED) is 0.744. The van der Waals surface area contributed by atoms with Crippen LogP contribution in [-0.4, -0.2) is 56.2 Å². The molecule has 0 aliphatic carbocycles. The molecule has 0 saturated carbocycles. The fraction of sp³-hybridized carbons (Fsp3) is 0.214. The Morgan fingerprint density at radius 3 is 2.87 bits per heavy atom. The zero-order valence-corrected chi connectivity index (χ0v) is 12.7. The van der Waals surface area contributed by atoms with E-state index < -0.39 is 0 Å². The predicted octanol–water partition coefficient (Wildman–Crippen LogP) is 0.817. The van der Waals surface area contributed by atoms with Crippen molar-refractivity contribution < 1.29 is 9.21 Å². The maximum Gasteiger partial charge on any atom is 0.264 e. The smallest absolute Gasteiger partial charge is 0.264 e. The Morgan fingerprint density at radius 2 is 2.22 bits per heavy atom. The monoisotopic (exact) mass is 313 g/mol. The van der Waals surface area contributed by atoms with Gasteiger partial charge in [-0.25, -0.2) is 19.6 Å². The summed E-state index contributed by atoms with van der Waals surface area (Å²) in [4.78, 5) is 26.4. The largest absolute Gasteiger partial charge is 0.442 e. The SMILES string of the molecule is CN(C)CC(=O)Nc1cc(-n2cccn2)nc(-c2ncco2)n1. The van der Waals surface area contributed by atoms with Crippen LogP contribution in [0.3, 0.4) is 0 Å². The number of hydrogen-bond acceptors (Lipinski definition) is 7. The van der Waals surface area contributed by atoms with Gasteiger partial charge in [0.05, 0.1) is 12.7 Å². The van der Waals surface area contributed by atoms with E-state index in [0.29, 0.717) is 11.6 Å². The van der Waals surface area contributed by atoms with E-state index in [1.165, 1.54) is 12.5 Å². The molecule has 0 unspecified atom stereocenters. The summed E-state index contributed by atoms with van der Waals surface area (Å²) in [7, 11) is 3.62. The number of anilines is 1. The van der Waals surface area contributed by atoms with Crippen molar-refractivity contribution in [1.29, 1.82) is 0 Å². The van der Waals surface area contributed by atoms with Crippen LogP contribution < -0.4 is 5.32 Å². The summed E-state index contributed by atoms with van der Waals surface area (Å²) in [5.74, 6) is 1.20. The Hall–Kier alpha value is -3.07. The van der Waals surface area contributed by atoms with Gasteiger partial charge in [0.25, 0.3) is 5.89 Å². The zero-order valence-electron chi connectivity index (χ0n) is 12.7. The van der Waals surface area contributed by atoms with Crippen LogP contribution >= 0.6 is 0 Å². The molecule has 118 valence electrons. The highest BCUT2D eigenvalue weighted by atomic mass is 16.3. The first-order valence-corrected chi connectivity index (χ1v) is 6.85. The van der Waals surface area contributed by atoms with Crippen molar-refractivity contribution in [2.75, 3.05) is 26.0 Å². The lowest BCUT2D eigenvalue weighted by Gasteiger charge is -2.11. The Bertz CT molecular complexity index is 729. The number of aromatic nitrogens is 5. The third-order valence-corrected chi connectivity index (χ3v) is 2.80. The second-order valence-corrected chi connectivity index (χ2v) is 5.01. The van der Waals surface area contributed by atoms with Crippen LogP contribution in [0.2, 0.25) is 0 Å². The molecule has 0 saturated heterocycles. The molecule has 3 heterocycles. The molecule has 0 aromatic carbocycles. The van der Waals surface area contributed by atoms with Gasteiger partial charge in [0.2, 0.25) is 11.7 Å². The minimum Gasteiger partial charge on any atom is -0.442 e. The zero-order chi connectivity index (χ0) is 16.2. The van der Waals surface area contributed by atoms with E-state index in [-0.39, 0.29) is 24.2 Å². The number of rotatable bonds is 5. The molecule has 0 radical (unpaired) electrons. The van der Waals surface area contributed by atoms with Crippen LogP contribution in [0.25, 0.3) is 17.5 Å². The van der Waals surface area contributed by atoms with E-state index in [0.717, 1.165) is 0 Å². The number of carbonyl (C=O) groups is 1. The number of nitrogens with one attached hydrogen (secondary N) is 1. The number of carbonyl (C=O) groups excluding carboxylic acids is 1. The highest BCUT2D eigenvalue weighted by Gasteiger charge is 2.13. The predicted molar refractivity (Wildman–Crippen MR) is 81.8 cm³/mol. The van der Waals surface area contributed by atoms with Crippen molar-refractivity contribution in [2.24, 2.45) is 0 Å². The molecular weight excluding hydrogens is 298 g/mol. The molecule has 23 heavy (non-hydrogen) atoms. The summed E-state index contributed by atoms with van der Waals surface area (Å²) >= 11 is 0. The first-order valence-electron chi connectivity index (χ1n) is 6.85. The lowest BCUT2D eigenvalue weighted by atomic mass is 10.4. The van der Waals surface area contributed by atoms with Crippen LogP contribution in [-0.2, 0) is 4.79 Å². The van der Waals surface area contributed by atoms with Crippen LogP contribution in [0.1, 0.15) is 0 Å². The standard InChI is InChI=1S/C14H15N7O2/c1-20(2)9-12(22)17-10-8-11(21-6-3-4-16-21)19-13(18-10)14-15-5-7-23-14/h3-8H,9H2,1-2H3,(H,17,18,19,22). The number of oxazole rings is 1. The Labute approximate surface area is 132 Å². The van der Waals surface area contributed by atoms with Gasteiger partial charge in [0, 0.05) is 18.5 Å². The molecule has 0 fully saturated rings. The summed E-state index contributed by atoms with van der Waals surface area (Å²) in [5, 5.41) is 6.87. The van der Waals surface area contributed by atoms with Gasteiger partial charge in [0.1, 0.15) is 12.1 Å². The third-order valence-electron chi connectivity index (χ3n) is 2.80. The minimum atomic E-state index is -0.182. The van der Waals surface area contributed by atoms with Gasteiger partial charge in [-0.3, -0.25) is 4.79 Å². The molecule has 0 atom stereocenters. The van der Waals surface area contributed by atoms with E-state index in [1.807, 2.05) is 14.1 Å². The molecule has 1 N–H and O–H groups in total. The third kappa shape index (κ3) is 3.58. The maximum atomic E-state index is 11.9. The molecule has 3 rings (SSSR count). The van der Waals surface area contributed by atoms with Crippen molar-refractivity contribution >= 4 is 11.7 Å². The molecule has 9 nitrogen and oxygen atoms in total. The Morgan fingerprint density at radius 1 is 1.35 bits per heavy atom. The second-order valence-electron chi connectivity index (χ2n) is 5.01. The van der Waals surface area contributed by atoms with Gasteiger partial charge in [-0.2, -0.15) is 5.10 Å². The van der Waals surface area contributed by atoms with Crippen molar-refractivity contribution in [2.45, 2.75) is 0 Å². The Balaban J connectivity index is 1.96. The molecule has 3 aromatic heterocycles. The van der Waals surface area contributed by atoms with Crippen molar-refractivity contribution in [3.63, 3.8) is 0 Å². The summed E-state index contributed by atoms with van der Waals surface area (Å²) in [6.45, 7) is 0.245. The maximum absolute atomic E-state index is 11.9. The molecule has 0 aliphatic rings. The molecule has 1 amide bonds. The number of nitrogens with zero attached hydrogens (tertiary/aromatic N) is 6. The molecule has 3 aromatic rings. The van der Waals surface area contributed by atoms with Crippen LogP contribution in [0, 0.1) is 0 Å². The van der Waals surface area contributed by atoms with E-state index in [2.05, 4.69) is 25.4 Å². The summed E-state index contributed by atoms with van der Waals surface area (Å²) in [6, 6.07) is 3.41. The topological polar surface area (TPSA) is 102 Å². The van der Waals surface area contributed by atoms with E-state index >= 15 is 0 Å². The van der Waals surface area contributed by atoms with E-state index in [4.69, 9.17) is 4.42 Å². The lowest BCUT2D eigenvalue weighted by Crippen LogP contribution is -2.27. The normalized spacial score (nSPS) is 10.9. The minimum absolute atomic E-state index is 0.182. The lowest BCUT2D eigenvalue weighted by molar-refractivity contribution is -0.116. The molecule has 0 aliphatic heterocycles. The first-order chi connectivity index (χ1) is 11.1. The molecule has 9 heteroatoms. The summed E-state index contributed by atoms with van der Waals surface area (Å²) in [5.41, 5.74) is 0. The van der Waals surface area contributed by atoms with E-state index in [9.17, 15) is 4.79 Å². The highest BCUT2D eigenvalue weighted by molar-refractivity contribution is 5.91. The van der Waals surface area contributed by atoms with Gasteiger partial charge < -0.3 is 14.6 Å². The van der Waals surface area contributed by atoms with Crippen molar-refractivity contribution in [3.8, 4) is 17.5 Å². The average Bonchev–Trinajstić information content (AvgIpc) is 3.20. The van der Waals surface area contributed by atoms with Crippen molar-refractivity contribution in [3.05, 3.63) is 37.0 Å². The molecule has 0 spiro atoms. The van der Waals surface area contributed by atoms with Crippen molar-refractivity contribution in [1.82, 2.24) is 29.6 Å². The average molecular weight is 313 g/mol. The van der Waals surface area contributed by atoms with E-state index in [1.54, 1.807) is 34.1 Å². The van der Waals surface area contributed by atoms with Crippen LogP contribution in [0.5, 0.6) is 0 Å². The molecular formula is C14H15N7O2. The second kappa shape index (κ2) is 6.36. The van der Waals surface area contributed by atoms with Gasteiger partial charge in [-0.15, -0.1) is 0 Å². The fourth-order valence-electron chi connectivity index (χ4n) is 1.92. The highest BCUT2D eigenvalue weighted by Crippen LogP contribution is 2.18. The van der Waals surface area contributed by atoms with Gasteiger partial charge in [-0.05, 0) is 20.2 Å². The van der Waals surface area contributed by atoms with Gasteiger partial charge in [-0.1, -0.05) is 0 Å². The van der Waals surface area contributed by atoms with Gasteiger partial charge >= 0.3 is 0 Å². The first kappa shape index (κ1) is 14.9. The number of amides is 1. The number of hydrogen-bond donors (Lipinski definition) is 1. The van der Waals surface area contributed by atoms with Crippen LogP contribution in [0.15, 0.2) is 41.4 Å². The number of likely N-dealkylation sites (N-methyl/N-ethyl adjacent to an activating group) is 1.